The first-order chi connectivity index (χ1) is 31.7. The van der Waals surface area contributed by atoms with Crippen molar-refractivity contribution in [2.75, 3.05) is 13.2 Å². The lowest BCUT2D eigenvalue weighted by molar-refractivity contribution is 0.00995. The van der Waals surface area contributed by atoms with Crippen molar-refractivity contribution < 1.29 is 22.3 Å². The number of allylic oxidation sites excluding steroid dienone is 4. The van der Waals surface area contributed by atoms with Crippen LogP contribution in [0.1, 0.15) is 192 Å². The van der Waals surface area contributed by atoms with Crippen molar-refractivity contribution in [1.82, 2.24) is 0 Å². The Balaban J connectivity index is 0.988. The van der Waals surface area contributed by atoms with E-state index in [0.717, 1.165) is 48.6 Å². The highest BCUT2D eigenvalue weighted by atomic mass is 19.2. The zero-order valence-electron chi connectivity index (χ0n) is 40.3. The van der Waals surface area contributed by atoms with Gasteiger partial charge in [-0.05, 0) is 121 Å². The van der Waals surface area contributed by atoms with Gasteiger partial charge in [-0.25, -0.2) is 17.6 Å². The van der Waals surface area contributed by atoms with Crippen molar-refractivity contribution in [3.8, 4) is 0 Å². The first-order valence-electron chi connectivity index (χ1n) is 26.9. The van der Waals surface area contributed by atoms with Crippen LogP contribution in [0.3, 0.4) is 0 Å². The topological polar surface area (TPSA) is 9.23 Å². The second kappa shape index (κ2) is 22.0. The van der Waals surface area contributed by atoms with Crippen LogP contribution in [-0.2, 0) is 15.6 Å². The van der Waals surface area contributed by atoms with Gasteiger partial charge in [-0.1, -0.05) is 190 Å². The van der Waals surface area contributed by atoms with E-state index in [1.54, 1.807) is 0 Å². The van der Waals surface area contributed by atoms with E-state index < -0.39 is 34.1 Å². The Hall–Kier alpha value is -2.92. The van der Waals surface area contributed by atoms with Gasteiger partial charge in [0.05, 0.1) is 13.2 Å². The van der Waals surface area contributed by atoms with Crippen molar-refractivity contribution in [2.24, 2.45) is 46.3 Å². The van der Waals surface area contributed by atoms with Crippen molar-refractivity contribution in [3.05, 3.63) is 119 Å². The number of benzene rings is 2. The molecule has 356 valence electrons. The second-order valence-corrected chi connectivity index (χ2v) is 22.2. The molecule has 4 fully saturated rings. The molecule has 8 rings (SSSR count). The lowest BCUT2D eigenvalue weighted by Gasteiger charge is -2.57. The molecule has 0 heterocycles. The van der Waals surface area contributed by atoms with E-state index in [1.165, 1.54) is 166 Å². The molecule has 2 aromatic rings. The molecule has 5 heteroatoms. The summed E-state index contributed by atoms with van der Waals surface area (Å²) in [5.74, 6) is -0.241. The maximum absolute atomic E-state index is 15.2. The summed E-state index contributed by atoms with van der Waals surface area (Å²) in [6.45, 7) is 5.64. The summed E-state index contributed by atoms with van der Waals surface area (Å²) in [6.07, 6.45) is 50.9. The summed E-state index contributed by atoms with van der Waals surface area (Å²) >= 11 is 0. The molecule has 6 aliphatic rings. The Morgan fingerprint density at radius 3 is 1.17 bits per heavy atom. The van der Waals surface area contributed by atoms with Crippen LogP contribution in [0.4, 0.5) is 17.6 Å². The highest BCUT2D eigenvalue weighted by molar-refractivity contribution is 5.46. The fraction of sp³-hybridized carbons (Fsp3) is 0.667. The van der Waals surface area contributed by atoms with Crippen LogP contribution in [0.25, 0.3) is 0 Å². The third-order valence-corrected chi connectivity index (χ3v) is 18.7. The average molecular weight is 895 g/mol. The van der Waals surface area contributed by atoms with Crippen LogP contribution < -0.4 is 0 Å². The molecule has 0 saturated heterocycles. The highest BCUT2D eigenvalue weighted by Gasteiger charge is 2.56. The Labute approximate surface area is 391 Å². The molecule has 0 spiro atoms. The Morgan fingerprint density at radius 1 is 0.462 bits per heavy atom. The fourth-order valence-electron chi connectivity index (χ4n) is 15.1. The predicted molar refractivity (Wildman–Crippen MR) is 261 cm³/mol. The number of hydrogen-bond acceptors (Lipinski definition) is 1. The van der Waals surface area contributed by atoms with E-state index in [1.807, 2.05) is 12.1 Å². The van der Waals surface area contributed by atoms with Crippen molar-refractivity contribution in [2.45, 2.75) is 192 Å². The molecule has 0 amide bonds. The third-order valence-electron chi connectivity index (χ3n) is 18.7. The van der Waals surface area contributed by atoms with Gasteiger partial charge < -0.3 is 4.74 Å². The van der Waals surface area contributed by atoms with Crippen LogP contribution >= 0.6 is 0 Å². The lowest BCUT2D eigenvalue weighted by Crippen LogP contribution is -2.51. The highest BCUT2D eigenvalue weighted by Crippen LogP contribution is 2.63. The minimum atomic E-state index is -0.786. The minimum absolute atomic E-state index is 0.0377. The molecule has 0 aromatic heterocycles. The van der Waals surface area contributed by atoms with Crippen LogP contribution in [0.15, 0.2) is 85.0 Å². The molecular formula is C60H82F4O. The maximum Gasteiger partial charge on any atom is 0.159 e. The normalized spacial score (nSPS) is 32.2. The summed E-state index contributed by atoms with van der Waals surface area (Å²) in [5, 5.41) is 0. The van der Waals surface area contributed by atoms with Gasteiger partial charge in [-0.2, -0.15) is 0 Å². The third kappa shape index (κ3) is 10.1. The molecule has 0 bridgehead atoms. The summed E-state index contributed by atoms with van der Waals surface area (Å²) < 4.78 is 66.2. The van der Waals surface area contributed by atoms with Gasteiger partial charge >= 0.3 is 0 Å². The van der Waals surface area contributed by atoms with E-state index in [0.29, 0.717) is 25.0 Å². The lowest BCUT2D eigenvalue weighted by atomic mass is 9.46. The van der Waals surface area contributed by atoms with Gasteiger partial charge in [0, 0.05) is 22.7 Å². The SMILES string of the molecule is CCCCCC1CCC(C2(C3(c4ccc(F)c(F)c4)C=CC(COCC4C=CC(c5ccc(F)c(F)c5)(C5(C6CCC(CCCCC)CC6)CCCCC5)C=C4)C=C3)CCCCC2)CC1. The number of unbranched alkanes of at least 4 members (excludes halogenated alkanes) is 4. The standard InChI is InChI=1S/C60H82F4O/c1-3-5-9-15-45-17-21-49(22-18-45)57(33-11-7-12-34-57)59(51-25-27-53(61)55(63)41-51)37-29-47(30-38-59)43-65-44-48-31-39-60(40-32-48,52-26-28-54(62)56(64)42-52)58(35-13-8-14-36-58)50-23-19-46(20-24-50)16-10-6-4-2/h25-32,37-42,45-50H,3-24,33-36,43-44H2,1-2H3. The fourth-order valence-corrected chi connectivity index (χ4v) is 15.1. The van der Waals surface area contributed by atoms with Crippen LogP contribution in [0.2, 0.25) is 0 Å². The van der Waals surface area contributed by atoms with Gasteiger partial charge in [-0.15, -0.1) is 0 Å². The number of rotatable bonds is 18. The van der Waals surface area contributed by atoms with Crippen LogP contribution in [0.5, 0.6) is 0 Å². The molecular weight excluding hydrogens is 813 g/mol. The number of halogens is 4. The molecule has 4 saturated carbocycles. The number of hydrogen-bond donors (Lipinski definition) is 0. The second-order valence-electron chi connectivity index (χ2n) is 22.2. The quantitative estimate of drug-likeness (QED) is 0.0823. The Bertz CT molecular complexity index is 1780. The van der Waals surface area contributed by atoms with Gasteiger partial charge in [0.2, 0.25) is 0 Å². The van der Waals surface area contributed by atoms with Crippen molar-refractivity contribution in [3.63, 3.8) is 0 Å². The van der Waals surface area contributed by atoms with Gasteiger partial charge in [-0.3, -0.25) is 0 Å². The van der Waals surface area contributed by atoms with Crippen molar-refractivity contribution >= 4 is 0 Å². The molecule has 0 radical (unpaired) electrons. The van der Waals surface area contributed by atoms with Crippen LogP contribution in [-0.4, -0.2) is 13.2 Å². The molecule has 65 heavy (non-hydrogen) atoms. The van der Waals surface area contributed by atoms with Gasteiger partial charge in [0.25, 0.3) is 0 Å². The van der Waals surface area contributed by atoms with E-state index in [9.17, 15) is 8.78 Å². The van der Waals surface area contributed by atoms with E-state index >= 15 is 8.78 Å². The monoisotopic (exact) mass is 895 g/mol. The summed E-state index contributed by atoms with van der Waals surface area (Å²) in [5.41, 5.74) is 0.689. The number of ether oxygens (including phenoxy) is 1. The zero-order chi connectivity index (χ0) is 45.3. The molecule has 1 nitrogen and oxygen atoms in total. The van der Waals surface area contributed by atoms with E-state index in [2.05, 4.69) is 62.5 Å². The molecule has 0 N–H and O–H groups in total. The summed E-state index contributed by atoms with van der Waals surface area (Å²) in [6, 6.07) is 9.38. The molecule has 0 aliphatic heterocycles. The minimum Gasteiger partial charge on any atom is -0.380 e. The van der Waals surface area contributed by atoms with Crippen molar-refractivity contribution in [1.29, 1.82) is 0 Å². The summed E-state index contributed by atoms with van der Waals surface area (Å²) in [7, 11) is 0. The molecule has 2 aromatic carbocycles. The first kappa shape index (κ1) is 48.5. The average Bonchev–Trinajstić information content (AvgIpc) is 3.35. The molecule has 0 atom stereocenters. The smallest absolute Gasteiger partial charge is 0.159 e. The van der Waals surface area contributed by atoms with Gasteiger partial charge in [0.15, 0.2) is 23.3 Å². The zero-order valence-corrected chi connectivity index (χ0v) is 40.3. The largest absolute Gasteiger partial charge is 0.380 e. The van der Waals surface area contributed by atoms with Crippen LogP contribution in [0, 0.1) is 69.6 Å². The van der Waals surface area contributed by atoms with E-state index in [4.69, 9.17) is 4.74 Å². The molecule has 6 aliphatic carbocycles. The Morgan fingerprint density at radius 2 is 0.831 bits per heavy atom. The molecule has 0 unspecified atom stereocenters. The van der Waals surface area contributed by atoms with Gasteiger partial charge in [0.1, 0.15) is 0 Å². The Kier molecular flexibility index (Phi) is 16.4. The predicted octanol–water partition coefficient (Wildman–Crippen LogP) is 17.6. The summed E-state index contributed by atoms with van der Waals surface area (Å²) in [4.78, 5) is 0. The maximum atomic E-state index is 15.2. The first-order valence-corrected chi connectivity index (χ1v) is 26.9. The van der Waals surface area contributed by atoms with E-state index in [-0.39, 0.29) is 22.7 Å².